The molecule has 0 saturated heterocycles. The molecule has 2 amide bonds. The monoisotopic (exact) mass is 364 g/mol. The summed E-state index contributed by atoms with van der Waals surface area (Å²) in [5, 5.41) is 8.83. The lowest BCUT2D eigenvalue weighted by molar-refractivity contribution is 0.0642. The maximum Gasteiger partial charge on any atom is 0.261 e. The quantitative estimate of drug-likeness (QED) is 0.505. The van der Waals surface area contributed by atoms with Crippen molar-refractivity contribution >= 4 is 24.0 Å². The Labute approximate surface area is 163 Å². The highest BCUT2D eigenvalue weighted by molar-refractivity contribution is 6.21. The van der Waals surface area contributed by atoms with Crippen LogP contribution in [0.2, 0.25) is 0 Å². The number of nitrogens with zero attached hydrogens (tertiary/aromatic N) is 2. The zero-order valence-electron chi connectivity index (χ0n) is 15.0. The number of imide groups is 1. The molecule has 134 valence electrons. The van der Waals surface area contributed by atoms with E-state index in [1.54, 1.807) is 36.4 Å². The number of hydrogen-bond acceptors (Lipinski definition) is 3. The molecule has 4 rings (SSSR count). The Bertz CT molecular complexity index is 1090. The van der Waals surface area contributed by atoms with Gasteiger partial charge in [-0.3, -0.25) is 14.5 Å². The van der Waals surface area contributed by atoms with E-state index in [1.807, 2.05) is 48.6 Å². The first-order valence-corrected chi connectivity index (χ1v) is 8.88. The van der Waals surface area contributed by atoms with Crippen molar-refractivity contribution in [3.63, 3.8) is 0 Å². The van der Waals surface area contributed by atoms with E-state index in [0.29, 0.717) is 16.7 Å². The third-order valence-electron chi connectivity index (χ3n) is 4.71. The van der Waals surface area contributed by atoms with Crippen LogP contribution in [0.5, 0.6) is 0 Å². The SMILES string of the molecule is N#Cc1ccc(C=Cc2ccc(CN3C(=O)c4ccccc4C3=O)cc2)cc1. The second kappa shape index (κ2) is 7.34. The van der Waals surface area contributed by atoms with Crippen LogP contribution in [-0.2, 0) is 6.54 Å². The number of amides is 2. The van der Waals surface area contributed by atoms with Crippen molar-refractivity contribution in [1.82, 2.24) is 4.90 Å². The van der Waals surface area contributed by atoms with E-state index in [2.05, 4.69) is 6.07 Å². The summed E-state index contributed by atoms with van der Waals surface area (Å²) in [6.07, 6.45) is 3.95. The molecule has 1 aliphatic rings. The Hall–Kier alpha value is -3.97. The zero-order valence-corrected chi connectivity index (χ0v) is 15.0. The molecule has 0 unspecified atom stereocenters. The van der Waals surface area contributed by atoms with Gasteiger partial charge in [0.15, 0.2) is 0 Å². The van der Waals surface area contributed by atoms with E-state index >= 15 is 0 Å². The van der Waals surface area contributed by atoms with Crippen molar-refractivity contribution in [1.29, 1.82) is 5.26 Å². The minimum atomic E-state index is -0.245. The van der Waals surface area contributed by atoms with Gasteiger partial charge in [-0.25, -0.2) is 0 Å². The highest BCUT2D eigenvalue weighted by atomic mass is 16.2. The third-order valence-corrected chi connectivity index (χ3v) is 4.71. The fraction of sp³-hybridized carbons (Fsp3) is 0.0417. The molecule has 3 aromatic rings. The van der Waals surface area contributed by atoms with Crippen LogP contribution in [0.4, 0.5) is 0 Å². The van der Waals surface area contributed by atoms with Crippen LogP contribution in [0.1, 0.15) is 43.0 Å². The molecule has 0 bridgehead atoms. The molecular weight excluding hydrogens is 348 g/mol. The predicted molar refractivity (Wildman–Crippen MR) is 107 cm³/mol. The molecule has 0 atom stereocenters. The molecule has 1 aliphatic heterocycles. The maximum absolute atomic E-state index is 12.5. The van der Waals surface area contributed by atoms with Crippen LogP contribution in [-0.4, -0.2) is 16.7 Å². The van der Waals surface area contributed by atoms with Gasteiger partial charge >= 0.3 is 0 Å². The van der Waals surface area contributed by atoms with Gasteiger partial charge in [-0.05, 0) is 41.0 Å². The Morgan fingerprint density at radius 3 is 1.75 bits per heavy atom. The Kier molecular flexibility index (Phi) is 4.57. The molecule has 28 heavy (non-hydrogen) atoms. The Balaban J connectivity index is 1.45. The van der Waals surface area contributed by atoms with Crippen LogP contribution in [0.25, 0.3) is 12.2 Å². The molecule has 1 heterocycles. The zero-order chi connectivity index (χ0) is 19.5. The average Bonchev–Trinajstić information content (AvgIpc) is 2.99. The first-order valence-electron chi connectivity index (χ1n) is 8.88. The molecule has 0 aliphatic carbocycles. The average molecular weight is 364 g/mol. The second-order valence-corrected chi connectivity index (χ2v) is 6.55. The highest BCUT2D eigenvalue weighted by Crippen LogP contribution is 2.24. The third kappa shape index (κ3) is 3.34. The van der Waals surface area contributed by atoms with Gasteiger partial charge in [0.2, 0.25) is 0 Å². The van der Waals surface area contributed by atoms with Crippen molar-refractivity contribution in [3.8, 4) is 6.07 Å². The number of nitriles is 1. The van der Waals surface area contributed by atoms with E-state index in [4.69, 9.17) is 5.26 Å². The number of rotatable bonds is 4. The second-order valence-electron chi connectivity index (χ2n) is 6.55. The van der Waals surface area contributed by atoms with Gasteiger partial charge in [0, 0.05) is 0 Å². The number of hydrogen-bond donors (Lipinski definition) is 0. The molecule has 0 radical (unpaired) electrons. The Morgan fingerprint density at radius 1 is 0.750 bits per heavy atom. The molecule has 0 saturated carbocycles. The number of benzene rings is 3. The van der Waals surface area contributed by atoms with Crippen LogP contribution >= 0.6 is 0 Å². The number of carbonyl (C=O) groups excluding carboxylic acids is 2. The minimum Gasteiger partial charge on any atom is -0.270 e. The summed E-state index contributed by atoms with van der Waals surface area (Å²) < 4.78 is 0. The van der Waals surface area contributed by atoms with Crippen LogP contribution < -0.4 is 0 Å². The lowest BCUT2D eigenvalue weighted by Gasteiger charge is -2.13. The van der Waals surface area contributed by atoms with E-state index < -0.39 is 0 Å². The van der Waals surface area contributed by atoms with Crippen molar-refractivity contribution < 1.29 is 9.59 Å². The van der Waals surface area contributed by atoms with Crippen molar-refractivity contribution in [2.45, 2.75) is 6.54 Å². The van der Waals surface area contributed by atoms with Gasteiger partial charge in [-0.15, -0.1) is 0 Å². The first kappa shape index (κ1) is 17.4. The first-order chi connectivity index (χ1) is 13.7. The van der Waals surface area contributed by atoms with E-state index in [0.717, 1.165) is 16.7 Å². The van der Waals surface area contributed by atoms with Crippen LogP contribution in [0.15, 0.2) is 72.8 Å². The molecule has 0 aromatic heterocycles. The molecule has 4 heteroatoms. The standard InChI is InChI=1S/C24H16N2O2/c25-15-19-11-7-17(8-12-19)5-6-18-9-13-20(14-10-18)16-26-23(27)21-3-1-2-4-22(21)24(26)28/h1-14H,16H2. The number of fused-ring (bicyclic) bond motifs is 1. The Morgan fingerprint density at radius 2 is 1.25 bits per heavy atom. The lowest BCUT2D eigenvalue weighted by Crippen LogP contribution is -2.29. The fourth-order valence-corrected chi connectivity index (χ4v) is 3.16. The van der Waals surface area contributed by atoms with Gasteiger partial charge in [0.05, 0.1) is 29.3 Å². The van der Waals surface area contributed by atoms with Gasteiger partial charge in [-0.1, -0.05) is 60.7 Å². The molecule has 0 N–H and O–H groups in total. The van der Waals surface area contributed by atoms with E-state index in [-0.39, 0.29) is 18.4 Å². The van der Waals surface area contributed by atoms with E-state index in [9.17, 15) is 9.59 Å². The molecule has 4 nitrogen and oxygen atoms in total. The van der Waals surface area contributed by atoms with Gasteiger partial charge in [-0.2, -0.15) is 5.26 Å². The van der Waals surface area contributed by atoms with E-state index in [1.165, 1.54) is 4.90 Å². The van der Waals surface area contributed by atoms with Gasteiger partial charge in [0.1, 0.15) is 0 Å². The molecule has 0 spiro atoms. The van der Waals surface area contributed by atoms with Crippen molar-refractivity contribution in [2.75, 3.05) is 0 Å². The van der Waals surface area contributed by atoms with Crippen LogP contribution in [0.3, 0.4) is 0 Å². The molecule has 0 fully saturated rings. The largest absolute Gasteiger partial charge is 0.270 e. The normalized spacial score (nSPS) is 13.0. The van der Waals surface area contributed by atoms with Gasteiger partial charge < -0.3 is 0 Å². The topological polar surface area (TPSA) is 61.2 Å². The molecular formula is C24H16N2O2. The minimum absolute atomic E-state index is 0.245. The smallest absolute Gasteiger partial charge is 0.261 e. The summed E-state index contributed by atoms with van der Waals surface area (Å²) in [6, 6.07) is 24.1. The summed E-state index contributed by atoms with van der Waals surface area (Å²) in [4.78, 5) is 26.2. The predicted octanol–water partition coefficient (Wildman–Crippen LogP) is 4.52. The summed E-state index contributed by atoms with van der Waals surface area (Å²) in [5.74, 6) is -0.490. The summed E-state index contributed by atoms with van der Waals surface area (Å²) in [5.41, 5.74) is 4.48. The fourth-order valence-electron chi connectivity index (χ4n) is 3.16. The summed E-state index contributed by atoms with van der Waals surface area (Å²) in [7, 11) is 0. The summed E-state index contributed by atoms with van der Waals surface area (Å²) in [6.45, 7) is 0.256. The van der Waals surface area contributed by atoms with Crippen molar-refractivity contribution in [2.24, 2.45) is 0 Å². The van der Waals surface area contributed by atoms with Gasteiger partial charge in [0.25, 0.3) is 11.8 Å². The van der Waals surface area contributed by atoms with Crippen LogP contribution in [0, 0.1) is 11.3 Å². The molecule has 3 aromatic carbocycles. The number of carbonyl (C=O) groups is 2. The maximum atomic E-state index is 12.5. The van der Waals surface area contributed by atoms with Crippen molar-refractivity contribution in [3.05, 3.63) is 106 Å². The lowest BCUT2D eigenvalue weighted by atomic mass is 10.1. The highest BCUT2D eigenvalue weighted by Gasteiger charge is 2.34. The summed E-state index contributed by atoms with van der Waals surface area (Å²) >= 11 is 0.